The number of likely N-dealkylation sites (tertiary alicyclic amines) is 1. The highest BCUT2D eigenvalue weighted by atomic mass is 127. The first-order valence-electron chi connectivity index (χ1n) is 7.82. The highest BCUT2D eigenvalue weighted by Crippen LogP contribution is 2.14. The van der Waals surface area contributed by atoms with E-state index in [-0.39, 0.29) is 24.0 Å². The van der Waals surface area contributed by atoms with Crippen LogP contribution in [0, 0.1) is 6.92 Å². The van der Waals surface area contributed by atoms with E-state index in [0.717, 1.165) is 32.0 Å². The summed E-state index contributed by atoms with van der Waals surface area (Å²) in [5.41, 5.74) is 0. The third-order valence-electron chi connectivity index (χ3n) is 3.78. The second-order valence-corrected chi connectivity index (χ2v) is 6.86. The number of aryl methyl sites for hydroxylation is 1. The number of guanidine groups is 1. The lowest BCUT2D eigenvalue weighted by atomic mass is 10.2. The van der Waals surface area contributed by atoms with E-state index in [2.05, 4.69) is 41.4 Å². The number of nitrogens with one attached hydrogen (secondary N) is 2. The molecule has 1 aromatic heterocycles. The summed E-state index contributed by atoms with van der Waals surface area (Å²) >= 11 is 1.77. The van der Waals surface area contributed by atoms with Gasteiger partial charge in [0, 0.05) is 36.6 Å². The predicted molar refractivity (Wildman–Crippen MR) is 106 cm³/mol. The number of likely N-dealkylation sites (N-methyl/N-ethyl adjacent to an activating group) is 1. The van der Waals surface area contributed by atoms with Gasteiger partial charge in [0.25, 0.3) is 0 Å². The van der Waals surface area contributed by atoms with Crippen molar-refractivity contribution in [2.45, 2.75) is 39.2 Å². The lowest BCUT2D eigenvalue weighted by Crippen LogP contribution is -2.39. The number of thiazole rings is 1. The summed E-state index contributed by atoms with van der Waals surface area (Å²) in [6.07, 6.45) is 5.45. The van der Waals surface area contributed by atoms with Crippen LogP contribution in [0.25, 0.3) is 0 Å². The Hall–Kier alpha value is -0.410. The maximum Gasteiger partial charge on any atom is 0.191 e. The molecule has 0 radical (unpaired) electrons. The second kappa shape index (κ2) is 10.4. The molecule has 0 amide bonds. The van der Waals surface area contributed by atoms with Crippen molar-refractivity contribution in [3.8, 4) is 0 Å². The molecule has 2 heterocycles. The standard InChI is InChI=1S/C15H27N5S.HI/c1-4-16-15(19-11-13-6-5-9-20(13)3)17-8-7-14-18-10-12(2)21-14;/h10,13H,4-9,11H2,1-3H3,(H2,16,17,19);1H. The molecular weight excluding hydrogens is 409 g/mol. The minimum absolute atomic E-state index is 0. The highest BCUT2D eigenvalue weighted by molar-refractivity contribution is 14.0. The Morgan fingerprint density at radius 2 is 2.32 bits per heavy atom. The van der Waals surface area contributed by atoms with Gasteiger partial charge < -0.3 is 15.5 Å². The highest BCUT2D eigenvalue weighted by Gasteiger charge is 2.20. The van der Waals surface area contributed by atoms with Gasteiger partial charge >= 0.3 is 0 Å². The van der Waals surface area contributed by atoms with Crippen molar-refractivity contribution in [2.75, 3.05) is 33.2 Å². The fourth-order valence-electron chi connectivity index (χ4n) is 2.55. The van der Waals surface area contributed by atoms with Crippen LogP contribution in [0.4, 0.5) is 0 Å². The first kappa shape index (κ1) is 19.6. The summed E-state index contributed by atoms with van der Waals surface area (Å²) in [4.78, 5) is 12.8. The molecule has 5 nitrogen and oxygen atoms in total. The molecule has 1 saturated heterocycles. The van der Waals surface area contributed by atoms with E-state index in [4.69, 9.17) is 4.99 Å². The van der Waals surface area contributed by atoms with Gasteiger partial charge in [-0.3, -0.25) is 4.99 Å². The summed E-state index contributed by atoms with van der Waals surface area (Å²) < 4.78 is 0. The van der Waals surface area contributed by atoms with Gasteiger partial charge in [0.2, 0.25) is 0 Å². The molecule has 1 unspecified atom stereocenters. The van der Waals surface area contributed by atoms with Crippen molar-refractivity contribution in [3.05, 3.63) is 16.1 Å². The Kier molecular flexibility index (Phi) is 9.27. The van der Waals surface area contributed by atoms with Gasteiger partial charge in [-0.25, -0.2) is 4.98 Å². The second-order valence-electron chi connectivity index (χ2n) is 5.54. The number of hydrogen-bond acceptors (Lipinski definition) is 4. The number of aliphatic imine (C=N–C) groups is 1. The topological polar surface area (TPSA) is 52.6 Å². The van der Waals surface area contributed by atoms with Crippen molar-refractivity contribution in [3.63, 3.8) is 0 Å². The fraction of sp³-hybridized carbons (Fsp3) is 0.733. The van der Waals surface area contributed by atoms with Crippen molar-refractivity contribution < 1.29 is 0 Å². The van der Waals surface area contributed by atoms with E-state index in [0.29, 0.717) is 6.04 Å². The van der Waals surface area contributed by atoms with E-state index in [1.54, 1.807) is 11.3 Å². The molecule has 0 aromatic carbocycles. The van der Waals surface area contributed by atoms with E-state index in [9.17, 15) is 0 Å². The molecule has 2 N–H and O–H groups in total. The van der Waals surface area contributed by atoms with Gasteiger partial charge in [-0.1, -0.05) is 0 Å². The summed E-state index contributed by atoms with van der Waals surface area (Å²) in [7, 11) is 2.19. The first-order chi connectivity index (χ1) is 10.2. The molecule has 1 atom stereocenters. The Bertz CT molecular complexity index is 463. The number of rotatable bonds is 6. The molecule has 1 aromatic rings. The lowest BCUT2D eigenvalue weighted by Gasteiger charge is -2.18. The average Bonchev–Trinajstić information content (AvgIpc) is 3.05. The Morgan fingerprint density at radius 1 is 1.50 bits per heavy atom. The molecule has 0 bridgehead atoms. The number of nitrogens with zero attached hydrogens (tertiary/aromatic N) is 3. The number of halogens is 1. The molecule has 22 heavy (non-hydrogen) atoms. The van der Waals surface area contributed by atoms with Crippen molar-refractivity contribution >= 4 is 41.3 Å². The monoisotopic (exact) mass is 437 g/mol. The third kappa shape index (κ3) is 6.37. The summed E-state index contributed by atoms with van der Waals surface area (Å²) in [6, 6.07) is 0.599. The first-order valence-corrected chi connectivity index (χ1v) is 8.64. The van der Waals surface area contributed by atoms with Gasteiger partial charge in [-0.05, 0) is 40.3 Å². The molecule has 2 rings (SSSR count). The minimum atomic E-state index is 0. The zero-order valence-corrected chi connectivity index (χ0v) is 16.9. The maximum atomic E-state index is 4.72. The van der Waals surface area contributed by atoms with Gasteiger partial charge in [-0.15, -0.1) is 35.3 Å². The molecule has 0 aliphatic carbocycles. The smallest absolute Gasteiger partial charge is 0.191 e. The van der Waals surface area contributed by atoms with E-state index in [1.165, 1.54) is 29.3 Å². The van der Waals surface area contributed by atoms with Crippen molar-refractivity contribution in [1.29, 1.82) is 0 Å². The molecule has 1 aliphatic heterocycles. The minimum Gasteiger partial charge on any atom is -0.357 e. The van der Waals surface area contributed by atoms with Crippen LogP contribution in [0.2, 0.25) is 0 Å². The molecule has 0 spiro atoms. The van der Waals surface area contributed by atoms with E-state index in [1.807, 2.05) is 6.20 Å². The number of aromatic nitrogens is 1. The summed E-state index contributed by atoms with van der Waals surface area (Å²) in [5.74, 6) is 0.922. The molecule has 1 aliphatic rings. The van der Waals surface area contributed by atoms with E-state index >= 15 is 0 Å². The van der Waals surface area contributed by atoms with Crippen LogP contribution in [-0.2, 0) is 6.42 Å². The van der Waals surface area contributed by atoms with Crippen LogP contribution in [0.3, 0.4) is 0 Å². The van der Waals surface area contributed by atoms with Crippen molar-refractivity contribution in [2.24, 2.45) is 4.99 Å². The summed E-state index contributed by atoms with van der Waals surface area (Å²) in [6.45, 7) is 8.04. The zero-order chi connectivity index (χ0) is 15.1. The van der Waals surface area contributed by atoms with Crippen LogP contribution in [0.5, 0.6) is 0 Å². The van der Waals surface area contributed by atoms with Gasteiger partial charge in [-0.2, -0.15) is 0 Å². The van der Waals surface area contributed by atoms with Crippen LogP contribution >= 0.6 is 35.3 Å². The SMILES string of the molecule is CCNC(=NCC1CCCN1C)NCCc1ncc(C)s1.I. The molecule has 1 fully saturated rings. The van der Waals surface area contributed by atoms with Crippen LogP contribution in [0.1, 0.15) is 29.7 Å². The fourth-order valence-corrected chi connectivity index (χ4v) is 3.34. The van der Waals surface area contributed by atoms with E-state index < -0.39 is 0 Å². The van der Waals surface area contributed by atoms with Crippen LogP contribution in [0.15, 0.2) is 11.2 Å². The van der Waals surface area contributed by atoms with Gasteiger partial charge in [0.15, 0.2) is 5.96 Å². The summed E-state index contributed by atoms with van der Waals surface area (Å²) in [5, 5.41) is 7.91. The quantitative estimate of drug-likeness (QED) is 0.407. The molecule has 0 saturated carbocycles. The third-order valence-corrected chi connectivity index (χ3v) is 4.75. The Balaban J connectivity index is 0.00000242. The molecule has 7 heteroatoms. The lowest BCUT2D eigenvalue weighted by molar-refractivity contribution is 0.317. The Morgan fingerprint density at radius 3 is 2.91 bits per heavy atom. The number of hydrogen-bond donors (Lipinski definition) is 2. The molecular formula is C15H28IN5S. The van der Waals surface area contributed by atoms with Gasteiger partial charge in [0.05, 0.1) is 11.6 Å². The average molecular weight is 437 g/mol. The predicted octanol–water partition coefficient (Wildman–Crippen LogP) is 2.26. The van der Waals surface area contributed by atoms with Gasteiger partial charge in [0.1, 0.15) is 0 Å². The normalized spacial score (nSPS) is 19.0. The zero-order valence-electron chi connectivity index (χ0n) is 13.8. The maximum absolute atomic E-state index is 4.72. The largest absolute Gasteiger partial charge is 0.357 e. The van der Waals surface area contributed by atoms with Crippen LogP contribution in [-0.4, -0.2) is 55.1 Å². The van der Waals surface area contributed by atoms with Crippen LogP contribution < -0.4 is 10.6 Å². The van der Waals surface area contributed by atoms with Crippen molar-refractivity contribution in [1.82, 2.24) is 20.5 Å². The molecule has 126 valence electrons. The Labute approximate surface area is 155 Å².